The molecule has 0 aliphatic carbocycles. The van der Waals surface area contributed by atoms with E-state index in [4.69, 9.17) is 14.9 Å². The van der Waals surface area contributed by atoms with Gasteiger partial charge in [0.2, 0.25) is 11.8 Å². The number of carboxylic acid groups (broad SMARTS) is 1. The van der Waals surface area contributed by atoms with Crippen molar-refractivity contribution in [2.75, 3.05) is 0 Å². The number of fused-ring (bicyclic) bond motifs is 2. The number of imidazole rings is 1. The smallest absolute Gasteiger partial charge is 0.475 e. The number of alkyl halides is 3. The van der Waals surface area contributed by atoms with Crippen molar-refractivity contribution < 1.29 is 37.5 Å². The first-order valence-corrected chi connectivity index (χ1v) is 10.2. The number of halogens is 3. The zero-order valence-corrected chi connectivity index (χ0v) is 17.2. The van der Waals surface area contributed by atoms with E-state index in [1.807, 2.05) is 18.2 Å². The van der Waals surface area contributed by atoms with E-state index in [9.17, 15) is 27.6 Å². The lowest BCUT2D eigenvalue weighted by atomic mass is 10.0. The number of benzene rings is 1. The average molecular weight is 464 g/mol. The normalized spacial score (nSPS) is 19.5. The largest absolute Gasteiger partial charge is 0.490 e. The second kappa shape index (κ2) is 8.34. The summed E-state index contributed by atoms with van der Waals surface area (Å²) in [6, 6.07) is 5.16. The number of carbonyl (C=O) groups is 4. The Hall–Kier alpha value is -3.70. The Morgan fingerprint density at radius 1 is 1.18 bits per heavy atom. The van der Waals surface area contributed by atoms with Crippen LogP contribution in [0.4, 0.5) is 13.2 Å². The molecule has 9 nitrogen and oxygen atoms in total. The molecule has 12 heteroatoms. The number of nitrogens with one attached hydrogen (secondary N) is 1. The summed E-state index contributed by atoms with van der Waals surface area (Å²) < 4.78 is 33.9. The van der Waals surface area contributed by atoms with Crippen LogP contribution in [0.1, 0.15) is 41.0 Å². The van der Waals surface area contributed by atoms with Gasteiger partial charge in [-0.2, -0.15) is 13.2 Å². The van der Waals surface area contributed by atoms with E-state index in [1.165, 1.54) is 0 Å². The van der Waals surface area contributed by atoms with E-state index in [-0.39, 0.29) is 24.1 Å². The number of rotatable bonds is 2. The lowest BCUT2D eigenvalue weighted by molar-refractivity contribution is -0.192. The Balaban J connectivity index is 0.000000325. The highest BCUT2D eigenvalue weighted by Crippen LogP contribution is 2.31. The molecule has 0 saturated carbocycles. The van der Waals surface area contributed by atoms with Gasteiger partial charge in [0.15, 0.2) is 0 Å². The topological polar surface area (TPSA) is 122 Å². The summed E-state index contributed by atoms with van der Waals surface area (Å²) in [4.78, 5) is 51.4. The number of hydrogen-bond donors (Lipinski definition) is 2. The van der Waals surface area contributed by atoms with Crippen LogP contribution in [0, 0.1) is 0 Å². The Morgan fingerprint density at radius 3 is 2.55 bits per heavy atom. The Labute approximate surface area is 185 Å². The Bertz CT molecular complexity index is 1140. The maximum absolute atomic E-state index is 12.7. The number of piperidine rings is 1. The number of amides is 3. The molecule has 3 aliphatic heterocycles. The molecule has 1 fully saturated rings. The molecule has 0 spiro atoms. The molecule has 4 heterocycles. The van der Waals surface area contributed by atoms with Gasteiger partial charge >= 0.3 is 12.1 Å². The van der Waals surface area contributed by atoms with Crippen LogP contribution in [-0.2, 0) is 33.9 Å². The number of hydrogen-bond acceptors (Lipinski definition) is 5. The summed E-state index contributed by atoms with van der Waals surface area (Å²) in [5.41, 5.74) is 3.45. The summed E-state index contributed by atoms with van der Waals surface area (Å²) in [6.07, 6.45) is -0.221. The first-order valence-electron chi connectivity index (χ1n) is 10.2. The lowest BCUT2D eigenvalue weighted by Crippen LogP contribution is -2.52. The molecule has 1 atom stereocenters. The molecule has 5 rings (SSSR count). The predicted molar refractivity (Wildman–Crippen MR) is 106 cm³/mol. The number of carbonyl (C=O) groups excluding carboxylic acids is 3. The van der Waals surface area contributed by atoms with E-state index >= 15 is 0 Å². The molecule has 1 saturated heterocycles. The molecular weight excluding hydrogens is 445 g/mol. The summed E-state index contributed by atoms with van der Waals surface area (Å²) in [5, 5.41) is 9.45. The molecule has 174 valence electrons. The Morgan fingerprint density at radius 2 is 1.91 bits per heavy atom. The van der Waals surface area contributed by atoms with Crippen molar-refractivity contribution >= 4 is 23.7 Å². The van der Waals surface area contributed by atoms with Crippen molar-refractivity contribution in [3.05, 3.63) is 41.3 Å². The molecule has 2 aromatic rings. The van der Waals surface area contributed by atoms with Gasteiger partial charge in [-0.3, -0.25) is 19.7 Å². The van der Waals surface area contributed by atoms with Crippen molar-refractivity contribution in [1.82, 2.24) is 19.8 Å². The van der Waals surface area contributed by atoms with Crippen molar-refractivity contribution in [2.45, 2.75) is 51.0 Å². The van der Waals surface area contributed by atoms with Gasteiger partial charge < -0.3 is 14.6 Å². The van der Waals surface area contributed by atoms with Gasteiger partial charge in [0.25, 0.3) is 5.91 Å². The van der Waals surface area contributed by atoms with Crippen molar-refractivity contribution in [2.24, 2.45) is 0 Å². The van der Waals surface area contributed by atoms with Gasteiger partial charge in [-0.05, 0) is 30.5 Å². The molecule has 3 amide bonds. The Kier molecular flexibility index (Phi) is 5.68. The maximum atomic E-state index is 12.7. The number of imide groups is 1. The van der Waals surface area contributed by atoms with Gasteiger partial charge in [-0.15, -0.1) is 0 Å². The van der Waals surface area contributed by atoms with Crippen LogP contribution in [-0.4, -0.2) is 55.5 Å². The highest BCUT2D eigenvalue weighted by atomic mass is 19.4. The molecular formula is C21H19F3N4O5. The fourth-order valence-corrected chi connectivity index (χ4v) is 4.13. The molecule has 1 unspecified atom stereocenters. The third-order valence-corrected chi connectivity index (χ3v) is 5.72. The number of nitrogens with zero attached hydrogens (tertiary/aromatic N) is 3. The molecule has 3 aliphatic rings. The predicted octanol–water partition coefficient (Wildman–Crippen LogP) is 1.89. The second-order valence-electron chi connectivity index (χ2n) is 7.91. The van der Waals surface area contributed by atoms with Gasteiger partial charge in [-0.25, -0.2) is 9.78 Å². The zero-order valence-electron chi connectivity index (χ0n) is 17.2. The first-order chi connectivity index (χ1) is 15.5. The third-order valence-electron chi connectivity index (χ3n) is 5.72. The summed E-state index contributed by atoms with van der Waals surface area (Å²) >= 11 is 0. The molecule has 1 aromatic carbocycles. The number of aliphatic carboxylic acids is 1. The van der Waals surface area contributed by atoms with Crippen LogP contribution in [0.15, 0.2) is 24.4 Å². The number of aromatic nitrogens is 2. The standard InChI is InChI=1S/C19H18N4O3.C2HF3O2/c24-17-6-5-15(18(25)21-17)23-9-12-8-11(3-4-13(12)19(23)26)14-10-22-7-1-2-16(22)20-14;3-2(4,5)1(6)7/h3-4,8,10,15H,1-2,5-7,9H2,(H,21,24,25);(H,6,7). The highest BCUT2D eigenvalue weighted by molar-refractivity contribution is 6.05. The van der Waals surface area contributed by atoms with E-state index in [1.54, 1.807) is 4.90 Å². The number of carboxylic acids is 1. The van der Waals surface area contributed by atoms with Gasteiger partial charge in [-0.1, -0.05) is 6.07 Å². The summed E-state index contributed by atoms with van der Waals surface area (Å²) in [7, 11) is 0. The average Bonchev–Trinajstić information content (AvgIpc) is 3.41. The van der Waals surface area contributed by atoms with Crippen LogP contribution < -0.4 is 5.32 Å². The molecule has 2 N–H and O–H groups in total. The number of aryl methyl sites for hydroxylation is 2. The lowest BCUT2D eigenvalue weighted by Gasteiger charge is -2.29. The van der Waals surface area contributed by atoms with Crippen LogP contribution in [0.3, 0.4) is 0 Å². The SMILES string of the molecule is O=C(O)C(F)(F)F.O=C1CCC(N2Cc3cc(-c4cn5c(n4)CCC5)ccc3C2=O)C(=O)N1. The van der Waals surface area contributed by atoms with E-state index in [0.29, 0.717) is 18.5 Å². The highest BCUT2D eigenvalue weighted by Gasteiger charge is 2.39. The summed E-state index contributed by atoms with van der Waals surface area (Å²) in [5.74, 6) is -2.44. The van der Waals surface area contributed by atoms with Crippen LogP contribution in [0.5, 0.6) is 0 Å². The third kappa shape index (κ3) is 4.45. The van der Waals surface area contributed by atoms with Crippen molar-refractivity contribution in [3.63, 3.8) is 0 Å². The van der Waals surface area contributed by atoms with E-state index in [2.05, 4.69) is 16.1 Å². The van der Waals surface area contributed by atoms with E-state index < -0.39 is 18.2 Å². The molecule has 0 bridgehead atoms. The first kappa shape index (κ1) is 22.5. The van der Waals surface area contributed by atoms with Gasteiger partial charge in [0.1, 0.15) is 11.9 Å². The van der Waals surface area contributed by atoms with Gasteiger partial charge in [0.05, 0.1) is 5.69 Å². The molecule has 1 aromatic heterocycles. The fourth-order valence-electron chi connectivity index (χ4n) is 4.13. The fraction of sp³-hybridized carbons (Fsp3) is 0.381. The van der Waals surface area contributed by atoms with E-state index in [0.717, 1.165) is 42.0 Å². The zero-order chi connectivity index (χ0) is 23.9. The second-order valence-corrected chi connectivity index (χ2v) is 7.91. The van der Waals surface area contributed by atoms with Crippen molar-refractivity contribution in [1.29, 1.82) is 0 Å². The molecule has 33 heavy (non-hydrogen) atoms. The molecule has 0 radical (unpaired) electrons. The van der Waals surface area contributed by atoms with Crippen LogP contribution in [0.2, 0.25) is 0 Å². The monoisotopic (exact) mass is 464 g/mol. The van der Waals surface area contributed by atoms with Crippen LogP contribution >= 0.6 is 0 Å². The maximum Gasteiger partial charge on any atom is 0.490 e. The minimum atomic E-state index is -5.08. The van der Waals surface area contributed by atoms with Gasteiger partial charge in [0, 0.05) is 43.3 Å². The quantitative estimate of drug-likeness (QED) is 0.655. The van der Waals surface area contributed by atoms with Crippen LogP contribution in [0.25, 0.3) is 11.3 Å². The minimum absolute atomic E-state index is 0.145. The minimum Gasteiger partial charge on any atom is -0.475 e. The summed E-state index contributed by atoms with van der Waals surface area (Å²) in [6.45, 7) is 1.40. The van der Waals surface area contributed by atoms with Crippen molar-refractivity contribution in [3.8, 4) is 11.3 Å².